The van der Waals surface area contributed by atoms with Gasteiger partial charge in [0.1, 0.15) is 5.82 Å². The molecule has 1 aromatic carbocycles. The van der Waals surface area contributed by atoms with Crippen LogP contribution < -0.4 is 5.73 Å². The Morgan fingerprint density at radius 2 is 2.21 bits per heavy atom. The monoisotopic (exact) mass is 193 g/mol. The number of halogens is 1. The number of hydrogen-bond donors (Lipinski definition) is 1. The van der Waals surface area contributed by atoms with Crippen LogP contribution in [0.4, 0.5) is 4.39 Å². The van der Waals surface area contributed by atoms with Crippen LogP contribution in [0, 0.1) is 12.7 Å². The standard InChI is InChI=1S/C12H16FN/c1-9(4-3-7-14)11-5-6-12(13)10(2)8-11/h4-6,8H,3,7,14H2,1-2H3/b9-4+. The van der Waals surface area contributed by atoms with E-state index in [1.165, 1.54) is 6.07 Å². The van der Waals surface area contributed by atoms with Gasteiger partial charge >= 0.3 is 0 Å². The van der Waals surface area contributed by atoms with E-state index in [0.29, 0.717) is 12.1 Å². The Morgan fingerprint density at radius 1 is 1.50 bits per heavy atom. The summed E-state index contributed by atoms with van der Waals surface area (Å²) in [4.78, 5) is 0. The number of aryl methyl sites for hydroxylation is 1. The summed E-state index contributed by atoms with van der Waals surface area (Å²) in [5.41, 5.74) is 8.31. The fourth-order valence-corrected chi connectivity index (χ4v) is 1.31. The lowest BCUT2D eigenvalue weighted by atomic mass is 10.0. The van der Waals surface area contributed by atoms with Gasteiger partial charge in [-0.3, -0.25) is 0 Å². The Balaban J connectivity index is 2.91. The third kappa shape index (κ3) is 2.67. The van der Waals surface area contributed by atoms with Gasteiger partial charge in [-0.05, 0) is 55.6 Å². The molecule has 0 atom stereocenters. The number of hydrogen-bond acceptors (Lipinski definition) is 1. The second kappa shape index (κ2) is 4.91. The summed E-state index contributed by atoms with van der Waals surface area (Å²) in [6.45, 7) is 4.44. The maximum atomic E-state index is 13.0. The van der Waals surface area contributed by atoms with Crippen molar-refractivity contribution in [1.82, 2.24) is 0 Å². The molecule has 0 radical (unpaired) electrons. The summed E-state index contributed by atoms with van der Waals surface area (Å²) in [5.74, 6) is -0.152. The van der Waals surface area contributed by atoms with Crippen LogP contribution in [0.3, 0.4) is 0 Å². The van der Waals surface area contributed by atoms with E-state index in [1.807, 2.05) is 13.0 Å². The highest BCUT2D eigenvalue weighted by atomic mass is 19.1. The summed E-state index contributed by atoms with van der Waals surface area (Å²) in [6.07, 6.45) is 2.94. The largest absolute Gasteiger partial charge is 0.330 e. The van der Waals surface area contributed by atoms with Crippen molar-refractivity contribution in [1.29, 1.82) is 0 Å². The maximum Gasteiger partial charge on any atom is 0.126 e. The fourth-order valence-electron chi connectivity index (χ4n) is 1.31. The van der Waals surface area contributed by atoms with Gasteiger partial charge in [0.05, 0.1) is 0 Å². The molecule has 0 saturated heterocycles. The smallest absolute Gasteiger partial charge is 0.126 e. The molecule has 0 saturated carbocycles. The summed E-state index contributed by atoms with van der Waals surface area (Å²) >= 11 is 0. The summed E-state index contributed by atoms with van der Waals surface area (Å²) in [5, 5.41) is 0. The van der Waals surface area contributed by atoms with Gasteiger partial charge in [-0.25, -0.2) is 4.39 Å². The number of nitrogens with two attached hydrogens (primary N) is 1. The SMILES string of the molecule is C/C(=C\CCN)c1ccc(F)c(C)c1. The van der Waals surface area contributed by atoms with Gasteiger partial charge in [0.2, 0.25) is 0 Å². The zero-order valence-electron chi connectivity index (χ0n) is 8.68. The number of benzene rings is 1. The maximum absolute atomic E-state index is 13.0. The van der Waals surface area contributed by atoms with E-state index < -0.39 is 0 Å². The van der Waals surface area contributed by atoms with E-state index in [4.69, 9.17) is 5.73 Å². The lowest BCUT2D eigenvalue weighted by molar-refractivity contribution is 0.618. The van der Waals surface area contributed by atoms with Crippen LogP contribution in [0.5, 0.6) is 0 Å². The minimum absolute atomic E-state index is 0.152. The van der Waals surface area contributed by atoms with Crippen molar-refractivity contribution in [2.45, 2.75) is 20.3 Å². The van der Waals surface area contributed by atoms with Crippen LogP contribution in [0.1, 0.15) is 24.5 Å². The lowest BCUT2D eigenvalue weighted by Crippen LogP contribution is -1.96. The summed E-state index contributed by atoms with van der Waals surface area (Å²) in [7, 11) is 0. The molecule has 0 aromatic heterocycles. The van der Waals surface area contributed by atoms with E-state index in [-0.39, 0.29) is 5.82 Å². The molecule has 1 rings (SSSR count). The highest BCUT2D eigenvalue weighted by Gasteiger charge is 1.99. The lowest BCUT2D eigenvalue weighted by Gasteiger charge is -2.03. The van der Waals surface area contributed by atoms with Crippen LogP contribution >= 0.6 is 0 Å². The van der Waals surface area contributed by atoms with Crippen LogP contribution in [-0.2, 0) is 0 Å². The Hall–Kier alpha value is -1.15. The molecule has 0 spiro atoms. The minimum atomic E-state index is -0.152. The molecule has 14 heavy (non-hydrogen) atoms. The molecule has 0 unspecified atom stereocenters. The predicted octanol–water partition coefficient (Wildman–Crippen LogP) is 2.89. The molecule has 76 valence electrons. The summed E-state index contributed by atoms with van der Waals surface area (Å²) in [6, 6.07) is 5.16. The fraction of sp³-hybridized carbons (Fsp3) is 0.333. The first-order valence-corrected chi connectivity index (χ1v) is 4.78. The zero-order chi connectivity index (χ0) is 10.6. The van der Waals surface area contributed by atoms with Crippen LogP contribution in [0.15, 0.2) is 24.3 Å². The van der Waals surface area contributed by atoms with Crippen LogP contribution in [0.2, 0.25) is 0 Å². The van der Waals surface area contributed by atoms with Crippen molar-refractivity contribution < 1.29 is 4.39 Å². The number of allylic oxidation sites excluding steroid dienone is 1. The summed E-state index contributed by atoms with van der Waals surface area (Å²) < 4.78 is 13.0. The molecule has 0 heterocycles. The van der Waals surface area contributed by atoms with Crippen LogP contribution in [-0.4, -0.2) is 6.54 Å². The van der Waals surface area contributed by atoms with Gasteiger partial charge in [0, 0.05) is 0 Å². The molecule has 2 N–H and O–H groups in total. The van der Waals surface area contributed by atoms with E-state index in [1.54, 1.807) is 13.0 Å². The highest BCUT2D eigenvalue weighted by Crippen LogP contribution is 2.17. The van der Waals surface area contributed by atoms with Gasteiger partial charge in [-0.1, -0.05) is 12.1 Å². The van der Waals surface area contributed by atoms with Crippen molar-refractivity contribution in [2.75, 3.05) is 6.54 Å². The average molecular weight is 193 g/mol. The molecular weight excluding hydrogens is 177 g/mol. The topological polar surface area (TPSA) is 26.0 Å². The average Bonchev–Trinajstić information content (AvgIpc) is 2.18. The molecule has 0 aliphatic carbocycles. The van der Waals surface area contributed by atoms with E-state index in [9.17, 15) is 4.39 Å². The van der Waals surface area contributed by atoms with Crippen molar-refractivity contribution in [3.8, 4) is 0 Å². The number of rotatable bonds is 3. The van der Waals surface area contributed by atoms with Gasteiger partial charge in [0.15, 0.2) is 0 Å². The van der Waals surface area contributed by atoms with Gasteiger partial charge < -0.3 is 5.73 Å². The molecular formula is C12H16FN. The highest BCUT2D eigenvalue weighted by molar-refractivity contribution is 5.64. The molecule has 0 aliphatic heterocycles. The molecule has 0 amide bonds. The molecule has 1 nitrogen and oxygen atoms in total. The Morgan fingerprint density at radius 3 is 2.79 bits per heavy atom. The molecule has 2 heteroatoms. The third-order valence-electron chi connectivity index (χ3n) is 2.23. The first-order chi connectivity index (χ1) is 6.65. The van der Waals surface area contributed by atoms with Crippen molar-refractivity contribution in [3.05, 3.63) is 41.2 Å². The first-order valence-electron chi connectivity index (χ1n) is 4.78. The molecule has 1 aromatic rings. The van der Waals surface area contributed by atoms with Crippen molar-refractivity contribution >= 4 is 5.57 Å². The minimum Gasteiger partial charge on any atom is -0.330 e. The zero-order valence-corrected chi connectivity index (χ0v) is 8.68. The Bertz CT molecular complexity index is 342. The third-order valence-corrected chi connectivity index (χ3v) is 2.23. The normalized spacial score (nSPS) is 11.9. The van der Waals surface area contributed by atoms with Crippen molar-refractivity contribution in [3.63, 3.8) is 0 Å². The van der Waals surface area contributed by atoms with E-state index in [0.717, 1.165) is 17.6 Å². The molecule has 0 fully saturated rings. The quantitative estimate of drug-likeness (QED) is 0.784. The van der Waals surface area contributed by atoms with Gasteiger partial charge in [-0.15, -0.1) is 0 Å². The molecule has 0 bridgehead atoms. The first kappa shape index (κ1) is 10.9. The Labute approximate surface area is 84.4 Å². The van der Waals surface area contributed by atoms with E-state index >= 15 is 0 Å². The second-order valence-electron chi connectivity index (χ2n) is 3.43. The Kier molecular flexibility index (Phi) is 3.84. The van der Waals surface area contributed by atoms with Crippen LogP contribution in [0.25, 0.3) is 5.57 Å². The van der Waals surface area contributed by atoms with Crippen molar-refractivity contribution in [2.24, 2.45) is 5.73 Å². The predicted molar refractivity (Wildman–Crippen MR) is 58.5 cm³/mol. The van der Waals surface area contributed by atoms with Gasteiger partial charge in [-0.2, -0.15) is 0 Å². The molecule has 0 aliphatic rings. The van der Waals surface area contributed by atoms with E-state index in [2.05, 4.69) is 6.08 Å². The second-order valence-corrected chi connectivity index (χ2v) is 3.43. The van der Waals surface area contributed by atoms with Gasteiger partial charge in [0.25, 0.3) is 0 Å².